The molecule has 0 bridgehead atoms. The van der Waals surface area contributed by atoms with Gasteiger partial charge in [-0.2, -0.15) is 0 Å². The number of carbonyl (C=O) groups excluding carboxylic acids is 1. The lowest BCUT2D eigenvalue weighted by Crippen LogP contribution is -2.42. The van der Waals surface area contributed by atoms with Crippen molar-refractivity contribution in [3.63, 3.8) is 0 Å². The SMILES string of the molecule is CCOc1cccc(CNC(CC)CNC(=O)OC(C)(C)C)c1. The van der Waals surface area contributed by atoms with Gasteiger partial charge in [0.2, 0.25) is 0 Å². The zero-order chi connectivity index (χ0) is 17.3. The Morgan fingerprint density at radius 1 is 1.26 bits per heavy atom. The Morgan fingerprint density at radius 3 is 2.61 bits per heavy atom. The highest BCUT2D eigenvalue weighted by Crippen LogP contribution is 2.13. The van der Waals surface area contributed by atoms with Gasteiger partial charge in [0.1, 0.15) is 11.4 Å². The summed E-state index contributed by atoms with van der Waals surface area (Å²) in [5.41, 5.74) is 0.686. The van der Waals surface area contributed by atoms with E-state index in [-0.39, 0.29) is 12.1 Å². The van der Waals surface area contributed by atoms with Gasteiger partial charge in [-0.1, -0.05) is 19.1 Å². The van der Waals surface area contributed by atoms with E-state index in [1.165, 1.54) is 0 Å². The Kier molecular flexibility index (Phi) is 7.89. The van der Waals surface area contributed by atoms with Crippen LogP contribution in [-0.2, 0) is 11.3 Å². The summed E-state index contributed by atoms with van der Waals surface area (Å²) in [4.78, 5) is 11.7. The Hall–Kier alpha value is -1.75. The standard InChI is InChI=1S/C18H30N2O3/c1-6-15(13-20-17(21)23-18(3,4)5)19-12-14-9-8-10-16(11-14)22-7-2/h8-11,15,19H,6-7,12-13H2,1-5H3,(H,20,21). The van der Waals surface area contributed by atoms with Crippen LogP contribution in [0.2, 0.25) is 0 Å². The van der Waals surface area contributed by atoms with Crippen LogP contribution in [0.15, 0.2) is 24.3 Å². The number of amides is 1. The van der Waals surface area contributed by atoms with Crippen molar-refractivity contribution in [2.45, 2.75) is 59.2 Å². The van der Waals surface area contributed by atoms with Gasteiger partial charge in [0, 0.05) is 19.1 Å². The van der Waals surface area contributed by atoms with Crippen molar-refractivity contribution >= 4 is 6.09 Å². The first-order chi connectivity index (χ1) is 10.8. The van der Waals surface area contributed by atoms with Crippen LogP contribution in [0.4, 0.5) is 4.79 Å². The average Bonchev–Trinajstić information content (AvgIpc) is 2.46. The van der Waals surface area contributed by atoms with Crippen molar-refractivity contribution in [3.8, 4) is 5.75 Å². The first-order valence-electron chi connectivity index (χ1n) is 8.26. The fraction of sp³-hybridized carbons (Fsp3) is 0.611. The molecule has 2 N–H and O–H groups in total. The molecule has 1 aromatic rings. The summed E-state index contributed by atoms with van der Waals surface area (Å²) >= 11 is 0. The molecule has 0 saturated carbocycles. The molecule has 0 saturated heterocycles. The lowest BCUT2D eigenvalue weighted by Gasteiger charge is -2.22. The highest BCUT2D eigenvalue weighted by atomic mass is 16.6. The van der Waals surface area contributed by atoms with Gasteiger partial charge in [0.25, 0.3) is 0 Å². The largest absolute Gasteiger partial charge is 0.494 e. The van der Waals surface area contributed by atoms with E-state index in [1.807, 2.05) is 45.9 Å². The van der Waals surface area contributed by atoms with Crippen molar-refractivity contribution < 1.29 is 14.3 Å². The molecule has 1 amide bonds. The third-order valence-corrected chi connectivity index (χ3v) is 3.19. The highest BCUT2D eigenvalue weighted by molar-refractivity contribution is 5.67. The van der Waals surface area contributed by atoms with E-state index in [4.69, 9.17) is 9.47 Å². The Morgan fingerprint density at radius 2 is 2.00 bits per heavy atom. The number of hydrogen-bond donors (Lipinski definition) is 2. The second-order valence-corrected chi connectivity index (χ2v) is 6.45. The minimum Gasteiger partial charge on any atom is -0.494 e. The number of ether oxygens (including phenoxy) is 2. The molecule has 0 aliphatic heterocycles. The highest BCUT2D eigenvalue weighted by Gasteiger charge is 2.16. The first kappa shape index (κ1) is 19.3. The fourth-order valence-electron chi connectivity index (χ4n) is 2.06. The smallest absolute Gasteiger partial charge is 0.407 e. The summed E-state index contributed by atoms with van der Waals surface area (Å²) in [5.74, 6) is 0.881. The zero-order valence-electron chi connectivity index (χ0n) is 14.9. The van der Waals surface area contributed by atoms with Crippen molar-refractivity contribution in [2.75, 3.05) is 13.2 Å². The van der Waals surface area contributed by atoms with Crippen LogP contribution in [-0.4, -0.2) is 30.9 Å². The maximum atomic E-state index is 11.7. The summed E-state index contributed by atoms with van der Waals surface area (Å²) in [6.45, 7) is 11.6. The van der Waals surface area contributed by atoms with E-state index in [1.54, 1.807) is 0 Å². The summed E-state index contributed by atoms with van der Waals surface area (Å²) < 4.78 is 10.7. The van der Waals surface area contributed by atoms with Gasteiger partial charge >= 0.3 is 6.09 Å². The van der Waals surface area contributed by atoms with Crippen LogP contribution >= 0.6 is 0 Å². The molecular weight excluding hydrogens is 292 g/mol. The lowest BCUT2D eigenvalue weighted by atomic mass is 10.1. The van der Waals surface area contributed by atoms with E-state index in [0.29, 0.717) is 13.2 Å². The molecule has 5 heteroatoms. The monoisotopic (exact) mass is 322 g/mol. The maximum absolute atomic E-state index is 11.7. The maximum Gasteiger partial charge on any atom is 0.407 e. The molecule has 0 heterocycles. The summed E-state index contributed by atoms with van der Waals surface area (Å²) in [7, 11) is 0. The molecule has 0 aromatic heterocycles. The third-order valence-electron chi connectivity index (χ3n) is 3.19. The quantitative estimate of drug-likeness (QED) is 0.769. The Balaban J connectivity index is 2.41. The molecule has 0 fully saturated rings. The molecule has 23 heavy (non-hydrogen) atoms. The molecule has 0 spiro atoms. The van der Waals surface area contributed by atoms with Crippen LogP contribution in [0.3, 0.4) is 0 Å². The molecule has 130 valence electrons. The molecule has 5 nitrogen and oxygen atoms in total. The van der Waals surface area contributed by atoms with Gasteiger partial charge in [-0.3, -0.25) is 0 Å². The predicted octanol–water partition coefficient (Wildman–Crippen LogP) is 3.48. The number of benzene rings is 1. The van der Waals surface area contributed by atoms with Crippen molar-refractivity contribution in [1.29, 1.82) is 0 Å². The third kappa shape index (κ3) is 8.45. The lowest BCUT2D eigenvalue weighted by molar-refractivity contribution is 0.0522. The minimum atomic E-state index is -0.473. The number of rotatable bonds is 8. The van der Waals surface area contributed by atoms with E-state index >= 15 is 0 Å². The topological polar surface area (TPSA) is 59.6 Å². The second kappa shape index (κ2) is 9.40. The van der Waals surface area contributed by atoms with Crippen LogP contribution in [0, 0.1) is 0 Å². The van der Waals surface area contributed by atoms with Crippen LogP contribution < -0.4 is 15.4 Å². The van der Waals surface area contributed by atoms with Crippen molar-refractivity contribution in [2.24, 2.45) is 0 Å². The van der Waals surface area contributed by atoms with E-state index in [9.17, 15) is 4.79 Å². The number of carbonyl (C=O) groups is 1. The van der Waals surface area contributed by atoms with Crippen LogP contribution in [0.1, 0.15) is 46.6 Å². The molecule has 0 radical (unpaired) electrons. The average molecular weight is 322 g/mol. The van der Waals surface area contributed by atoms with Gasteiger partial charge in [0.05, 0.1) is 6.61 Å². The Bertz CT molecular complexity index is 483. The normalized spacial score (nSPS) is 12.6. The van der Waals surface area contributed by atoms with Crippen LogP contribution in [0.25, 0.3) is 0 Å². The fourth-order valence-corrected chi connectivity index (χ4v) is 2.06. The summed E-state index contributed by atoms with van der Waals surface area (Å²) in [6.07, 6.45) is 0.539. The number of alkyl carbamates (subject to hydrolysis) is 1. The van der Waals surface area contributed by atoms with Crippen molar-refractivity contribution in [1.82, 2.24) is 10.6 Å². The van der Waals surface area contributed by atoms with Gasteiger partial charge in [0.15, 0.2) is 0 Å². The predicted molar refractivity (Wildman–Crippen MR) is 92.8 cm³/mol. The molecular formula is C18H30N2O3. The minimum absolute atomic E-state index is 0.193. The Labute approximate surface area is 139 Å². The van der Waals surface area contributed by atoms with Gasteiger partial charge < -0.3 is 20.1 Å². The summed E-state index contributed by atoms with van der Waals surface area (Å²) in [5, 5.41) is 6.26. The zero-order valence-corrected chi connectivity index (χ0v) is 14.9. The van der Waals surface area contributed by atoms with Crippen molar-refractivity contribution in [3.05, 3.63) is 29.8 Å². The molecule has 0 aliphatic rings. The molecule has 0 aliphatic carbocycles. The van der Waals surface area contributed by atoms with Gasteiger partial charge in [-0.05, 0) is 51.8 Å². The number of hydrogen-bond acceptors (Lipinski definition) is 4. The van der Waals surface area contributed by atoms with Gasteiger partial charge in [-0.15, -0.1) is 0 Å². The molecule has 1 rings (SSSR count). The first-order valence-corrected chi connectivity index (χ1v) is 8.26. The van der Waals surface area contributed by atoms with E-state index in [2.05, 4.69) is 23.6 Å². The molecule has 1 unspecified atom stereocenters. The van der Waals surface area contributed by atoms with Gasteiger partial charge in [-0.25, -0.2) is 4.79 Å². The molecule has 1 aromatic carbocycles. The van der Waals surface area contributed by atoms with Crippen LogP contribution in [0.5, 0.6) is 5.75 Å². The summed E-state index contributed by atoms with van der Waals surface area (Å²) in [6, 6.07) is 8.22. The molecule has 1 atom stereocenters. The second-order valence-electron chi connectivity index (χ2n) is 6.45. The number of nitrogens with one attached hydrogen (secondary N) is 2. The van der Waals surface area contributed by atoms with E-state index in [0.717, 1.165) is 24.3 Å². The van der Waals surface area contributed by atoms with E-state index < -0.39 is 5.60 Å².